The van der Waals surface area contributed by atoms with Crippen LogP contribution in [0.2, 0.25) is 0 Å². The van der Waals surface area contributed by atoms with Gasteiger partial charge in [-0.05, 0) is 39.4 Å². The zero-order valence-corrected chi connectivity index (χ0v) is 14.0. The molecule has 0 saturated carbocycles. The molecule has 0 aromatic carbocycles. The van der Waals surface area contributed by atoms with Gasteiger partial charge in [0.25, 0.3) is 0 Å². The van der Waals surface area contributed by atoms with Crippen LogP contribution in [-0.4, -0.2) is 60.1 Å². The molecule has 1 aromatic heterocycles. The van der Waals surface area contributed by atoms with Crippen LogP contribution in [0.5, 0.6) is 0 Å². The number of anilines is 1. The van der Waals surface area contributed by atoms with Crippen molar-refractivity contribution in [2.24, 2.45) is 0 Å². The molecule has 1 aliphatic heterocycles. The Labute approximate surface area is 135 Å². The predicted octanol–water partition coefficient (Wildman–Crippen LogP) is 2.93. The average Bonchev–Trinajstić information content (AvgIpc) is 2.46. The van der Waals surface area contributed by atoms with Crippen LogP contribution in [0.3, 0.4) is 0 Å². The van der Waals surface area contributed by atoms with E-state index < -0.39 is 11.7 Å². The van der Waals surface area contributed by atoms with E-state index in [2.05, 4.69) is 27.1 Å². The fraction of sp³-hybridized carbons (Fsp3) is 0.688. The molecule has 0 unspecified atom stereocenters. The predicted molar refractivity (Wildman–Crippen MR) is 85.5 cm³/mol. The number of aromatic nitrogens is 1. The number of piperazine rings is 1. The molecule has 0 aliphatic carbocycles. The molecule has 23 heavy (non-hydrogen) atoms. The van der Waals surface area contributed by atoms with Crippen molar-refractivity contribution >= 4 is 5.82 Å². The van der Waals surface area contributed by atoms with Crippen LogP contribution in [0.15, 0.2) is 18.3 Å². The van der Waals surface area contributed by atoms with E-state index in [4.69, 9.17) is 0 Å². The summed E-state index contributed by atoms with van der Waals surface area (Å²) >= 11 is 0. The lowest BCUT2D eigenvalue weighted by Gasteiger charge is -2.35. The van der Waals surface area contributed by atoms with Crippen molar-refractivity contribution < 1.29 is 13.2 Å². The van der Waals surface area contributed by atoms with Crippen molar-refractivity contribution in [2.75, 3.05) is 45.1 Å². The molecule has 1 fully saturated rings. The molecule has 0 amide bonds. The van der Waals surface area contributed by atoms with Gasteiger partial charge in [-0.25, -0.2) is 4.98 Å². The summed E-state index contributed by atoms with van der Waals surface area (Å²) in [4.78, 5) is 8.62. The maximum absolute atomic E-state index is 12.5. The van der Waals surface area contributed by atoms with Gasteiger partial charge in [-0.15, -0.1) is 0 Å². The molecule has 0 atom stereocenters. The normalized spacial score (nSPS) is 18.2. The molecule has 0 spiro atoms. The number of likely N-dealkylation sites (N-methyl/N-ethyl adjacent to an activating group) is 1. The summed E-state index contributed by atoms with van der Waals surface area (Å²) in [5, 5.41) is 3.23. The SMILES string of the molecule is CN1CCN(CCC(C)(C)Nc2ccc(C(F)(F)F)cn2)CC1. The van der Waals surface area contributed by atoms with Gasteiger partial charge >= 0.3 is 6.18 Å². The van der Waals surface area contributed by atoms with E-state index in [0.29, 0.717) is 5.82 Å². The van der Waals surface area contributed by atoms with Crippen molar-refractivity contribution in [1.82, 2.24) is 14.8 Å². The number of hydrogen-bond donors (Lipinski definition) is 1. The van der Waals surface area contributed by atoms with Gasteiger partial charge in [0, 0.05) is 44.5 Å². The summed E-state index contributed by atoms with van der Waals surface area (Å²) in [7, 11) is 2.12. The molecule has 2 heterocycles. The van der Waals surface area contributed by atoms with Crippen LogP contribution in [0, 0.1) is 0 Å². The molecule has 0 bridgehead atoms. The highest BCUT2D eigenvalue weighted by Crippen LogP contribution is 2.29. The Morgan fingerprint density at radius 1 is 1.13 bits per heavy atom. The largest absolute Gasteiger partial charge is 0.417 e. The van der Waals surface area contributed by atoms with Gasteiger partial charge in [-0.2, -0.15) is 13.2 Å². The van der Waals surface area contributed by atoms with E-state index in [1.807, 2.05) is 13.8 Å². The summed E-state index contributed by atoms with van der Waals surface area (Å²) in [5.74, 6) is 0.473. The number of pyridine rings is 1. The highest BCUT2D eigenvalue weighted by atomic mass is 19.4. The number of halogens is 3. The molecule has 2 rings (SSSR count). The van der Waals surface area contributed by atoms with Gasteiger partial charge in [-0.1, -0.05) is 0 Å². The zero-order valence-electron chi connectivity index (χ0n) is 14.0. The Morgan fingerprint density at radius 3 is 2.30 bits per heavy atom. The summed E-state index contributed by atoms with van der Waals surface area (Å²) in [6, 6.07) is 2.45. The van der Waals surface area contributed by atoms with E-state index in [0.717, 1.165) is 51.4 Å². The molecular weight excluding hydrogens is 305 g/mol. The van der Waals surface area contributed by atoms with Crippen molar-refractivity contribution in [3.8, 4) is 0 Å². The first-order valence-electron chi connectivity index (χ1n) is 7.88. The summed E-state index contributed by atoms with van der Waals surface area (Å²) in [6.45, 7) is 9.33. The Kier molecular flexibility index (Phi) is 5.52. The molecule has 130 valence electrons. The second-order valence-electron chi connectivity index (χ2n) is 6.83. The van der Waals surface area contributed by atoms with Crippen molar-refractivity contribution in [1.29, 1.82) is 0 Å². The van der Waals surface area contributed by atoms with Crippen molar-refractivity contribution in [3.63, 3.8) is 0 Å². The minimum atomic E-state index is -4.34. The van der Waals surface area contributed by atoms with Crippen LogP contribution in [-0.2, 0) is 6.18 Å². The molecule has 7 heteroatoms. The van der Waals surface area contributed by atoms with Gasteiger partial charge in [0.15, 0.2) is 0 Å². The Morgan fingerprint density at radius 2 is 1.78 bits per heavy atom. The number of alkyl halides is 3. The summed E-state index contributed by atoms with van der Waals surface area (Å²) < 4.78 is 37.6. The molecule has 4 nitrogen and oxygen atoms in total. The molecule has 0 radical (unpaired) electrons. The van der Waals surface area contributed by atoms with Gasteiger partial charge in [0.05, 0.1) is 5.56 Å². The molecule has 1 aromatic rings. The van der Waals surface area contributed by atoms with Gasteiger partial charge in [-0.3, -0.25) is 0 Å². The second kappa shape index (κ2) is 7.05. The van der Waals surface area contributed by atoms with Crippen LogP contribution in [0.25, 0.3) is 0 Å². The Hall–Kier alpha value is -1.34. The van der Waals surface area contributed by atoms with E-state index >= 15 is 0 Å². The van der Waals surface area contributed by atoms with Gasteiger partial charge in [0.1, 0.15) is 5.82 Å². The third-order valence-corrected chi connectivity index (χ3v) is 4.21. The van der Waals surface area contributed by atoms with Gasteiger partial charge < -0.3 is 15.1 Å². The smallest absolute Gasteiger partial charge is 0.365 e. The number of nitrogens with zero attached hydrogens (tertiary/aromatic N) is 3. The Bertz CT molecular complexity index is 491. The van der Waals surface area contributed by atoms with E-state index in [-0.39, 0.29) is 5.54 Å². The third-order valence-electron chi connectivity index (χ3n) is 4.21. The molecule has 1 saturated heterocycles. The van der Waals surface area contributed by atoms with Crippen LogP contribution < -0.4 is 5.32 Å². The number of rotatable bonds is 5. The maximum Gasteiger partial charge on any atom is 0.417 e. The third kappa shape index (κ3) is 5.66. The van der Waals surface area contributed by atoms with Crippen LogP contribution in [0.4, 0.5) is 19.0 Å². The highest BCUT2D eigenvalue weighted by Gasteiger charge is 2.31. The van der Waals surface area contributed by atoms with Gasteiger partial charge in [0.2, 0.25) is 0 Å². The van der Waals surface area contributed by atoms with Crippen LogP contribution >= 0.6 is 0 Å². The van der Waals surface area contributed by atoms with Crippen molar-refractivity contribution in [3.05, 3.63) is 23.9 Å². The quantitative estimate of drug-likeness (QED) is 0.899. The lowest BCUT2D eigenvalue weighted by molar-refractivity contribution is -0.137. The first kappa shape index (κ1) is 18.0. The lowest BCUT2D eigenvalue weighted by atomic mass is 10.00. The minimum Gasteiger partial charge on any atom is -0.365 e. The zero-order chi connectivity index (χ0) is 17.1. The van der Waals surface area contributed by atoms with E-state index in [1.165, 1.54) is 6.07 Å². The summed E-state index contributed by atoms with van der Waals surface area (Å²) in [6.07, 6.45) is -2.57. The van der Waals surface area contributed by atoms with Crippen LogP contribution in [0.1, 0.15) is 25.8 Å². The summed E-state index contributed by atoms with van der Waals surface area (Å²) in [5.41, 5.74) is -0.950. The topological polar surface area (TPSA) is 31.4 Å². The van der Waals surface area contributed by atoms with Crippen molar-refractivity contribution in [2.45, 2.75) is 32.0 Å². The maximum atomic E-state index is 12.5. The highest BCUT2D eigenvalue weighted by molar-refractivity contribution is 5.38. The standard InChI is InChI=1S/C16H25F3N4/c1-15(2,6-7-23-10-8-22(3)9-11-23)21-14-5-4-13(12-20-14)16(17,18)19/h4-5,12H,6-11H2,1-3H3,(H,20,21). The Balaban J connectivity index is 1.85. The fourth-order valence-corrected chi connectivity index (χ4v) is 2.55. The minimum absolute atomic E-state index is 0.226. The fourth-order valence-electron chi connectivity index (χ4n) is 2.55. The monoisotopic (exact) mass is 330 g/mol. The molecule has 1 N–H and O–H groups in total. The average molecular weight is 330 g/mol. The molecule has 1 aliphatic rings. The van der Waals surface area contributed by atoms with E-state index in [1.54, 1.807) is 0 Å². The molecular formula is C16H25F3N4. The first-order chi connectivity index (χ1) is 10.7. The second-order valence-corrected chi connectivity index (χ2v) is 6.83. The first-order valence-corrected chi connectivity index (χ1v) is 7.88. The lowest BCUT2D eigenvalue weighted by Crippen LogP contribution is -2.46. The van der Waals surface area contributed by atoms with E-state index in [9.17, 15) is 13.2 Å². The number of nitrogens with one attached hydrogen (secondary N) is 1. The number of hydrogen-bond acceptors (Lipinski definition) is 4.